The summed E-state index contributed by atoms with van der Waals surface area (Å²) in [5.41, 5.74) is 0.491. The number of methoxy groups -OCH3 is 3. The van der Waals surface area contributed by atoms with Crippen molar-refractivity contribution in [1.29, 1.82) is 0 Å². The van der Waals surface area contributed by atoms with Crippen LogP contribution >= 0.6 is 11.8 Å². The van der Waals surface area contributed by atoms with Crippen molar-refractivity contribution in [2.45, 2.75) is 24.9 Å². The Morgan fingerprint density at radius 1 is 1.23 bits per heavy atom. The normalized spacial score (nSPS) is 11.3. The van der Waals surface area contributed by atoms with Gasteiger partial charge in [-0.2, -0.15) is 0 Å². The number of benzene rings is 1. The monoisotopic (exact) mass is 379 g/mol. The van der Waals surface area contributed by atoms with E-state index in [1.54, 1.807) is 12.1 Å². The quantitative estimate of drug-likeness (QED) is 0.506. The van der Waals surface area contributed by atoms with Crippen molar-refractivity contribution in [2.24, 2.45) is 0 Å². The molecule has 1 heterocycles. The average Bonchev–Trinajstić information content (AvgIpc) is 3.08. The predicted octanol–water partition coefficient (Wildman–Crippen LogP) is 3.00. The van der Waals surface area contributed by atoms with Gasteiger partial charge in [-0.15, -0.1) is 5.10 Å². The molecule has 0 aliphatic carbocycles. The molecule has 140 valence electrons. The Kier molecular flexibility index (Phi) is 6.90. The number of carboxylic acids is 1. The predicted molar refractivity (Wildman–Crippen MR) is 97.9 cm³/mol. The van der Waals surface area contributed by atoms with Crippen LogP contribution in [0.15, 0.2) is 22.2 Å². The van der Waals surface area contributed by atoms with Crippen molar-refractivity contribution in [3.63, 3.8) is 0 Å². The number of aromatic nitrogens is 3. The first kappa shape index (κ1) is 19.6. The van der Waals surface area contributed by atoms with Crippen LogP contribution in [0.1, 0.15) is 24.7 Å². The molecule has 0 amide bonds. The summed E-state index contributed by atoms with van der Waals surface area (Å²) in [6.07, 6.45) is 3.14. The van der Waals surface area contributed by atoms with E-state index in [0.717, 1.165) is 30.4 Å². The maximum absolute atomic E-state index is 11.7. The van der Waals surface area contributed by atoms with E-state index in [4.69, 9.17) is 14.2 Å². The van der Waals surface area contributed by atoms with Crippen molar-refractivity contribution < 1.29 is 24.1 Å². The third-order valence-electron chi connectivity index (χ3n) is 3.44. The minimum absolute atomic E-state index is 0.0359. The van der Waals surface area contributed by atoms with E-state index in [1.807, 2.05) is 6.92 Å². The smallest absolute Gasteiger partial charge is 0.342 e. The highest BCUT2D eigenvalue weighted by atomic mass is 32.2. The molecule has 8 nitrogen and oxygen atoms in total. The third kappa shape index (κ3) is 4.69. The largest absolute Gasteiger partial charge is 0.496 e. The number of nitrogens with zero attached hydrogens (tertiary/aromatic N) is 2. The Balaban J connectivity index is 2.42. The van der Waals surface area contributed by atoms with E-state index >= 15 is 0 Å². The molecule has 9 heteroatoms. The minimum Gasteiger partial charge on any atom is -0.496 e. The molecule has 0 fully saturated rings. The van der Waals surface area contributed by atoms with Gasteiger partial charge in [-0.1, -0.05) is 6.92 Å². The molecule has 0 aliphatic heterocycles. The van der Waals surface area contributed by atoms with Gasteiger partial charge in [0.25, 0.3) is 0 Å². The molecule has 0 aliphatic rings. The van der Waals surface area contributed by atoms with Gasteiger partial charge in [0.2, 0.25) is 5.16 Å². The number of aryl methyl sites for hydroxylation is 1. The standard InChI is InChI=1S/C17H21N3O5S/c1-5-6-15-18-17(20-19-15)26-14(16(21)22)9-11-12(24-3)7-10(23-2)8-13(11)25-4/h7-9H,5-6H2,1-4H3,(H,21,22)(H,18,19,20)/b14-9-. The summed E-state index contributed by atoms with van der Waals surface area (Å²) < 4.78 is 15.9. The fourth-order valence-corrected chi connectivity index (χ4v) is 2.92. The van der Waals surface area contributed by atoms with Gasteiger partial charge in [0.05, 0.1) is 26.9 Å². The summed E-state index contributed by atoms with van der Waals surface area (Å²) in [5.74, 6) is 1.03. The van der Waals surface area contributed by atoms with Crippen LogP contribution in [0.5, 0.6) is 17.2 Å². The van der Waals surface area contributed by atoms with Gasteiger partial charge < -0.3 is 19.3 Å². The van der Waals surface area contributed by atoms with Crippen molar-refractivity contribution >= 4 is 23.8 Å². The van der Waals surface area contributed by atoms with Gasteiger partial charge >= 0.3 is 5.97 Å². The lowest BCUT2D eigenvalue weighted by atomic mass is 10.1. The van der Waals surface area contributed by atoms with Crippen molar-refractivity contribution in [3.8, 4) is 17.2 Å². The molecular weight excluding hydrogens is 358 g/mol. The lowest BCUT2D eigenvalue weighted by molar-refractivity contribution is -0.131. The number of aliphatic carboxylic acids is 1. The summed E-state index contributed by atoms with van der Waals surface area (Å²) >= 11 is 0.952. The number of carboxylic acid groups (broad SMARTS) is 1. The lowest BCUT2D eigenvalue weighted by Gasteiger charge is -2.13. The Morgan fingerprint density at radius 2 is 1.88 bits per heavy atom. The van der Waals surface area contributed by atoms with Crippen LogP contribution < -0.4 is 14.2 Å². The number of rotatable bonds is 9. The molecule has 0 spiro atoms. The van der Waals surface area contributed by atoms with E-state index in [1.165, 1.54) is 27.4 Å². The average molecular weight is 379 g/mol. The SMILES string of the molecule is CCCc1nc(S/C(=C\c2c(OC)cc(OC)cc2OC)C(=O)O)n[nH]1. The molecule has 0 saturated heterocycles. The van der Waals surface area contributed by atoms with E-state index in [-0.39, 0.29) is 4.91 Å². The zero-order valence-electron chi connectivity index (χ0n) is 15.0. The topological polar surface area (TPSA) is 107 Å². The Labute approximate surface area is 155 Å². The lowest BCUT2D eigenvalue weighted by Crippen LogP contribution is -2.00. The van der Waals surface area contributed by atoms with Gasteiger partial charge in [-0.3, -0.25) is 5.10 Å². The second-order valence-electron chi connectivity index (χ2n) is 5.18. The van der Waals surface area contributed by atoms with Gasteiger partial charge in [0.15, 0.2) is 0 Å². The maximum atomic E-state index is 11.7. The van der Waals surface area contributed by atoms with Crippen LogP contribution in [0.2, 0.25) is 0 Å². The molecule has 2 rings (SSSR count). The number of ether oxygens (including phenoxy) is 3. The first-order valence-corrected chi connectivity index (χ1v) is 8.68. The highest BCUT2D eigenvalue weighted by molar-refractivity contribution is 8.04. The fraction of sp³-hybridized carbons (Fsp3) is 0.353. The molecule has 0 atom stereocenters. The molecule has 0 saturated carbocycles. The zero-order valence-corrected chi connectivity index (χ0v) is 15.8. The van der Waals surface area contributed by atoms with Crippen LogP contribution in [0.3, 0.4) is 0 Å². The molecule has 0 bridgehead atoms. The molecule has 0 radical (unpaired) electrons. The molecule has 1 aromatic heterocycles. The second-order valence-corrected chi connectivity index (χ2v) is 6.19. The van der Waals surface area contributed by atoms with E-state index in [9.17, 15) is 9.90 Å². The van der Waals surface area contributed by atoms with Crippen molar-refractivity contribution in [1.82, 2.24) is 15.2 Å². The Morgan fingerprint density at radius 3 is 2.38 bits per heavy atom. The third-order valence-corrected chi connectivity index (χ3v) is 4.32. The van der Waals surface area contributed by atoms with Crippen LogP contribution in [-0.4, -0.2) is 47.6 Å². The molecule has 1 aromatic carbocycles. The molecule has 0 unspecified atom stereocenters. The summed E-state index contributed by atoms with van der Waals surface area (Å²) in [7, 11) is 4.51. The van der Waals surface area contributed by atoms with Crippen molar-refractivity contribution in [2.75, 3.05) is 21.3 Å². The van der Waals surface area contributed by atoms with Crippen LogP contribution in [-0.2, 0) is 11.2 Å². The Bertz CT molecular complexity index is 778. The van der Waals surface area contributed by atoms with Gasteiger partial charge in [-0.05, 0) is 24.3 Å². The summed E-state index contributed by atoms with van der Waals surface area (Å²) in [5, 5.41) is 16.8. The van der Waals surface area contributed by atoms with Gasteiger partial charge in [0, 0.05) is 18.6 Å². The van der Waals surface area contributed by atoms with Gasteiger partial charge in [-0.25, -0.2) is 9.78 Å². The number of H-pyrrole nitrogens is 1. The van der Waals surface area contributed by atoms with Crippen LogP contribution in [0.25, 0.3) is 6.08 Å². The van der Waals surface area contributed by atoms with E-state index in [2.05, 4.69) is 15.2 Å². The highest BCUT2D eigenvalue weighted by Crippen LogP contribution is 2.37. The first-order valence-electron chi connectivity index (χ1n) is 7.86. The highest BCUT2D eigenvalue weighted by Gasteiger charge is 2.18. The van der Waals surface area contributed by atoms with Crippen molar-refractivity contribution in [3.05, 3.63) is 28.4 Å². The van der Waals surface area contributed by atoms with E-state index < -0.39 is 5.97 Å². The molecular formula is C17H21N3O5S. The number of hydrogen-bond donors (Lipinski definition) is 2. The summed E-state index contributed by atoms with van der Waals surface area (Å²) in [6, 6.07) is 3.31. The maximum Gasteiger partial charge on any atom is 0.342 e. The number of aromatic amines is 1. The van der Waals surface area contributed by atoms with Crippen LogP contribution in [0.4, 0.5) is 0 Å². The number of thioether (sulfide) groups is 1. The number of hydrogen-bond acceptors (Lipinski definition) is 7. The second kappa shape index (κ2) is 9.14. The van der Waals surface area contributed by atoms with Gasteiger partial charge in [0.1, 0.15) is 28.0 Å². The fourth-order valence-electron chi connectivity index (χ4n) is 2.21. The number of nitrogens with one attached hydrogen (secondary N) is 1. The summed E-state index contributed by atoms with van der Waals surface area (Å²) in [6.45, 7) is 2.03. The molecule has 26 heavy (non-hydrogen) atoms. The summed E-state index contributed by atoms with van der Waals surface area (Å²) in [4.78, 5) is 16.0. The number of carbonyl (C=O) groups is 1. The minimum atomic E-state index is -1.10. The first-order chi connectivity index (χ1) is 12.5. The molecule has 2 aromatic rings. The van der Waals surface area contributed by atoms with Crippen LogP contribution in [0, 0.1) is 0 Å². The Hall–Kier alpha value is -2.68. The molecule has 2 N–H and O–H groups in total. The van der Waals surface area contributed by atoms with E-state index in [0.29, 0.717) is 28.0 Å². The zero-order chi connectivity index (χ0) is 19.1.